The number of hydrogen-bond acceptors (Lipinski definition) is 3. The largest absolute Gasteiger partial charge is 0.497 e. The molecule has 0 bridgehead atoms. The first-order valence-electron chi connectivity index (χ1n) is 10.2. The van der Waals surface area contributed by atoms with Crippen LogP contribution in [0, 0.1) is 13.8 Å². The zero-order valence-electron chi connectivity index (χ0n) is 17.9. The van der Waals surface area contributed by atoms with E-state index in [9.17, 15) is 4.79 Å². The van der Waals surface area contributed by atoms with Gasteiger partial charge in [0.15, 0.2) is 0 Å². The molecular formula is C26H25N3O2. The highest BCUT2D eigenvalue weighted by Gasteiger charge is 2.16. The minimum atomic E-state index is -0.147. The van der Waals surface area contributed by atoms with Gasteiger partial charge in [-0.25, -0.2) is 0 Å². The lowest BCUT2D eigenvalue weighted by Gasteiger charge is -2.09. The van der Waals surface area contributed by atoms with Crippen LogP contribution in [0.25, 0.3) is 11.1 Å². The molecule has 0 fully saturated rings. The SMILES string of the molecule is COc1cccc(Cn2nc(C)c(NC(=O)c3ccc(-c4ccccc4)cc3)c2C)c1. The third-order valence-corrected chi connectivity index (χ3v) is 5.34. The van der Waals surface area contributed by atoms with E-state index in [1.807, 2.05) is 85.3 Å². The molecule has 3 aromatic carbocycles. The van der Waals surface area contributed by atoms with Crippen molar-refractivity contribution in [3.63, 3.8) is 0 Å². The van der Waals surface area contributed by atoms with E-state index < -0.39 is 0 Å². The normalized spacial score (nSPS) is 10.7. The highest BCUT2D eigenvalue weighted by atomic mass is 16.5. The minimum Gasteiger partial charge on any atom is -0.497 e. The van der Waals surface area contributed by atoms with Gasteiger partial charge in [-0.05, 0) is 54.8 Å². The molecule has 0 spiro atoms. The number of nitrogens with one attached hydrogen (secondary N) is 1. The molecule has 0 saturated carbocycles. The van der Waals surface area contributed by atoms with Crippen LogP contribution >= 0.6 is 0 Å². The van der Waals surface area contributed by atoms with Crippen LogP contribution in [0.3, 0.4) is 0 Å². The summed E-state index contributed by atoms with van der Waals surface area (Å²) in [4.78, 5) is 12.9. The third kappa shape index (κ3) is 4.51. The van der Waals surface area contributed by atoms with Gasteiger partial charge in [-0.2, -0.15) is 5.10 Å². The maximum Gasteiger partial charge on any atom is 0.255 e. The van der Waals surface area contributed by atoms with Gasteiger partial charge in [0.1, 0.15) is 5.75 Å². The van der Waals surface area contributed by atoms with Crippen molar-refractivity contribution in [2.45, 2.75) is 20.4 Å². The molecule has 1 N–H and O–H groups in total. The fourth-order valence-corrected chi connectivity index (χ4v) is 3.61. The Labute approximate surface area is 182 Å². The molecule has 5 heteroatoms. The van der Waals surface area contributed by atoms with Gasteiger partial charge in [0, 0.05) is 5.56 Å². The summed E-state index contributed by atoms with van der Waals surface area (Å²) in [5.74, 6) is 0.665. The Bertz CT molecular complexity index is 1200. The van der Waals surface area contributed by atoms with Gasteiger partial charge in [0.05, 0.1) is 30.7 Å². The molecule has 1 aromatic heterocycles. The Hall–Kier alpha value is -3.86. The molecule has 156 valence electrons. The standard InChI is InChI=1S/C26H25N3O2/c1-18-25(19(2)29(28-18)17-20-8-7-11-24(16-20)31-3)27-26(30)23-14-12-22(13-15-23)21-9-5-4-6-10-21/h4-16H,17H2,1-3H3,(H,27,30). The second-order valence-electron chi connectivity index (χ2n) is 7.45. The summed E-state index contributed by atoms with van der Waals surface area (Å²) >= 11 is 0. The molecule has 1 heterocycles. The van der Waals surface area contributed by atoms with E-state index in [1.54, 1.807) is 7.11 Å². The van der Waals surface area contributed by atoms with Gasteiger partial charge in [0.2, 0.25) is 0 Å². The van der Waals surface area contributed by atoms with Gasteiger partial charge >= 0.3 is 0 Å². The van der Waals surface area contributed by atoms with Crippen molar-refractivity contribution < 1.29 is 9.53 Å². The average Bonchev–Trinajstić information content (AvgIpc) is 3.07. The van der Waals surface area contributed by atoms with E-state index >= 15 is 0 Å². The van der Waals surface area contributed by atoms with Gasteiger partial charge in [0.25, 0.3) is 5.91 Å². The summed E-state index contributed by atoms with van der Waals surface area (Å²) in [6.07, 6.45) is 0. The van der Waals surface area contributed by atoms with E-state index in [0.717, 1.165) is 39.5 Å². The number of hydrogen-bond donors (Lipinski definition) is 1. The number of carbonyl (C=O) groups excluding carboxylic acids is 1. The van der Waals surface area contributed by atoms with Crippen LogP contribution in [0.15, 0.2) is 78.9 Å². The number of rotatable bonds is 6. The number of methoxy groups -OCH3 is 1. The van der Waals surface area contributed by atoms with Gasteiger partial charge < -0.3 is 10.1 Å². The summed E-state index contributed by atoms with van der Waals surface area (Å²) < 4.78 is 7.20. The van der Waals surface area contributed by atoms with E-state index in [4.69, 9.17) is 4.74 Å². The predicted molar refractivity (Wildman–Crippen MR) is 124 cm³/mol. The maximum atomic E-state index is 12.9. The zero-order valence-corrected chi connectivity index (χ0v) is 17.9. The van der Waals surface area contributed by atoms with Crippen molar-refractivity contribution in [3.05, 3.63) is 101 Å². The molecular weight excluding hydrogens is 386 g/mol. The lowest BCUT2D eigenvalue weighted by Crippen LogP contribution is -2.13. The van der Waals surface area contributed by atoms with Crippen LogP contribution in [0.4, 0.5) is 5.69 Å². The van der Waals surface area contributed by atoms with Crippen molar-refractivity contribution in [2.24, 2.45) is 0 Å². The molecule has 4 rings (SSSR count). The van der Waals surface area contributed by atoms with Gasteiger partial charge in [-0.15, -0.1) is 0 Å². The fourth-order valence-electron chi connectivity index (χ4n) is 3.61. The number of aromatic nitrogens is 2. The topological polar surface area (TPSA) is 56.1 Å². The predicted octanol–water partition coefficient (Wildman–Crippen LogP) is 5.48. The molecule has 0 aliphatic heterocycles. The number of benzene rings is 3. The first kappa shape index (κ1) is 20.4. The fraction of sp³-hybridized carbons (Fsp3) is 0.154. The summed E-state index contributed by atoms with van der Waals surface area (Å²) in [6.45, 7) is 4.48. The molecule has 0 aliphatic carbocycles. The number of ether oxygens (including phenoxy) is 1. The molecule has 0 atom stereocenters. The molecule has 31 heavy (non-hydrogen) atoms. The average molecular weight is 412 g/mol. The van der Waals surface area contributed by atoms with E-state index in [-0.39, 0.29) is 5.91 Å². The van der Waals surface area contributed by atoms with E-state index in [0.29, 0.717) is 12.1 Å². The Morgan fingerprint density at radius 1 is 0.935 bits per heavy atom. The highest BCUT2D eigenvalue weighted by Crippen LogP contribution is 2.23. The lowest BCUT2D eigenvalue weighted by atomic mass is 10.0. The Kier molecular flexibility index (Phi) is 5.85. The van der Waals surface area contributed by atoms with Crippen molar-refractivity contribution in [1.29, 1.82) is 0 Å². The van der Waals surface area contributed by atoms with E-state index in [2.05, 4.69) is 22.5 Å². The summed E-state index contributed by atoms with van der Waals surface area (Å²) in [6, 6.07) is 25.6. The smallest absolute Gasteiger partial charge is 0.255 e. The summed E-state index contributed by atoms with van der Waals surface area (Å²) in [5, 5.41) is 7.66. The molecule has 0 unspecified atom stereocenters. The van der Waals surface area contributed by atoms with Crippen molar-refractivity contribution in [3.8, 4) is 16.9 Å². The first-order valence-corrected chi connectivity index (χ1v) is 10.2. The quantitative estimate of drug-likeness (QED) is 0.457. The zero-order chi connectivity index (χ0) is 21.8. The van der Waals surface area contributed by atoms with Gasteiger partial charge in [-0.1, -0.05) is 54.6 Å². The first-order chi connectivity index (χ1) is 15.0. The maximum absolute atomic E-state index is 12.9. The van der Waals surface area contributed by atoms with Gasteiger partial charge in [-0.3, -0.25) is 9.48 Å². The third-order valence-electron chi connectivity index (χ3n) is 5.34. The second-order valence-corrected chi connectivity index (χ2v) is 7.45. The minimum absolute atomic E-state index is 0.147. The van der Waals surface area contributed by atoms with Crippen LogP contribution in [0.1, 0.15) is 27.3 Å². The number of amides is 1. The number of aryl methyl sites for hydroxylation is 1. The van der Waals surface area contributed by atoms with Crippen LogP contribution in [0.5, 0.6) is 5.75 Å². The number of nitrogens with zero attached hydrogens (tertiary/aromatic N) is 2. The Balaban J connectivity index is 1.50. The van der Waals surface area contributed by atoms with E-state index in [1.165, 1.54) is 0 Å². The molecule has 0 saturated heterocycles. The van der Waals surface area contributed by atoms with Crippen LogP contribution in [-0.2, 0) is 6.54 Å². The molecule has 0 aliphatic rings. The van der Waals surface area contributed by atoms with Crippen molar-refractivity contribution in [1.82, 2.24) is 9.78 Å². The lowest BCUT2D eigenvalue weighted by molar-refractivity contribution is 0.102. The van der Waals surface area contributed by atoms with Crippen molar-refractivity contribution in [2.75, 3.05) is 12.4 Å². The van der Waals surface area contributed by atoms with Crippen LogP contribution < -0.4 is 10.1 Å². The second kappa shape index (κ2) is 8.88. The monoisotopic (exact) mass is 411 g/mol. The van der Waals surface area contributed by atoms with Crippen LogP contribution in [-0.4, -0.2) is 22.8 Å². The number of anilines is 1. The van der Waals surface area contributed by atoms with Crippen LogP contribution in [0.2, 0.25) is 0 Å². The Morgan fingerprint density at radius 2 is 1.65 bits per heavy atom. The molecule has 4 aromatic rings. The Morgan fingerprint density at radius 3 is 2.35 bits per heavy atom. The van der Waals surface area contributed by atoms with Crippen molar-refractivity contribution >= 4 is 11.6 Å². The molecule has 0 radical (unpaired) electrons. The number of carbonyl (C=O) groups is 1. The summed E-state index contributed by atoms with van der Waals surface area (Å²) in [7, 11) is 1.66. The molecule has 5 nitrogen and oxygen atoms in total. The summed E-state index contributed by atoms with van der Waals surface area (Å²) in [5.41, 5.74) is 6.35. The highest BCUT2D eigenvalue weighted by molar-refractivity contribution is 6.05. The molecule has 1 amide bonds.